The fraction of sp³-hybridized carbons (Fsp3) is 0.250. The molecule has 5 heteroatoms. The van der Waals surface area contributed by atoms with Crippen molar-refractivity contribution >= 4 is 15.9 Å². The molecule has 0 bridgehead atoms. The van der Waals surface area contributed by atoms with Gasteiger partial charge >= 0.3 is 0 Å². The third-order valence-electron chi connectivity index (χ3n) is 4.12. The summed E-state index contributed by atoms with van der Waals surface area (Å²) in [5.74, 6) is 1.19. The molecule has 130 valence electrons. The van der Waals surface area contributed by atoms with E-state index >= 15 is 0 Å². The number of aromatic nitrogens is 1. The number of aromatic hydroxyl groups is 2. The minimum Gasteiger partial charge on any atom is -0.508 e. The van der Waals surface area contributed by atoms with E-state index in [0.717, 1.165) is 46.5 Å². The first-order valence-corrected chi connectivity index (χ1v) is 9.15. The van der Waals surface area contributed by atoms with E-state index in [2.05, 4.69) is 34.9 Å². The van der Waals surface area contributed by atoms with Crippen LogP contribution in [0.25, 0.3) is 22.6 Å². The molecule has 0 aliphatic rings. The van der Waals surface area contributed by atoms with Crippen LogP contribution in [0.1, 0.15) is 25.0 Å². The summed E-state index contributed by atoms with van der Waals surface area (Å²) in [5, 5.41) is 23.6. The Kier molecular flexibility index (Phi) is 5.13. The summed E-state index contributed by atoms with van der Waals surface area (Å²) < 4.78 is 5.71. The Morgan fingerprint density at radius 2 is 1.76 bits per heavy atom. The lowest BCUT2D eigenvalue weighted by atomic mass is 9.95. The minimum atomic E-state index is 0.220. The normalized spacial score (nSPS) is 12.3. The van der Waals surface area contributed by atoms with Crippen molar-refractivity contribution in [2.45, 2.75) is 31.5 Å². The Balaban J connectivity index is 2.11. The molecule has 0 amide bonds. The van der Waals surface area contributed by atoms with Crippen molar-refractivity contribution in [3.05, 3.63) is 53.6 Å². The molecule has 4 nitrogen and oxygen atoms in total. The van der Waals surface area contributed by atoms with Crippen LogP contribution in [-0.2, 0) is 12.8 Å². The second kappa shape index (κ2) is 7.31. The number of nitrogens with zero attached hydrogens (tertiary/aromatic N) is 1. The van der Waals surface area contributed by atoms with Gasteiger partial charge in [-0.3, -0.25) is 0 Å². The first kappa shape index (κ1) is 17.5. The van der Waals surface area contributed by atoms with E-state index < -0.39 is 0 Å². The zero-order valence-electron chi connectivity index (χ0n) is 14.2. The monoisotopic (exact) mass is 401 g/mol. The van der Waals surface area contributed by atoms with Crippen LogP contribution in [-0.4, -0.2) is 20.2 Å². The van der Waals surface area contributed by atoms with Gasteiger partial charge in [-0.15, -0.1) is 0 Å². The SMILES string of the molecule is CCc1c(-c2ccc(O)cc2)noc1-c1ccc(O)cc1CC(C)Br. The molecule has 3 rings (SSSR count). The van der Waals surface area contributed by atoms with Gasteiger partial charge in [0.25, 0.3) is 0 Å². The van der Waals surface area contributed by atoms with Gasteiger partial charge in [0, 0.05) is 21.5 Å². The number of phenolic OH excluding ortho intramolecular Hbond substituents is 2. The van der Waals surface area contributed by atoms with Crippen LogP contribution in [0.4, 0.5) is 0 Å². The molecule has 1 atom stereocenters. The molecule has 1 unspecified atom stereocenters. The van der Waals surface area contributed by atoms with E-state index in [9.17, 15) is 10.2 Å². The highest BCUT2D eigenvalue weighted by Crippen LogP contribution is 2.36. The highest BCUT2D eigenvalue weighted by molar-refractivity contribution is 9.09. The number of hydrogen-bond donors (Lipinski definition) is 2. The molecule has 2 aromatic carbocycles. The third-order valence-corrected chi connectivity index (χ3v) is 4.44. The number of rotatable bonds is 5. The number of alkyl halides is 1. The topological polar surface area (TPSA) is 66.5 Å². The van der Waals surface area contributed by atoms with E-state index in [1.165, 1.54) is 0 Å². The fourth-order valence-electron chi connectivity index (χ4n) is 2.97. The van der Waals surface area contributed by atoms with Crippen LogP contribution in [0.5, 0.6) is 11.5 Å². The smallest absolute Gasteiger partial charge is 0.170 e. The molecular formula is C20H20BrNO3. The number of phenols is 2. The van der Waals surface area contributed by atoms with Gasteiger partial charge in [-0.25, -0.2) is 0 Å². The summed E-state index contributed by atoms with van der Waals surface area (Å²) in [6, 6.07) is 12.3. The standard InChI is InChI=1S/C20H20BrNO3/c1-3-17-19(13-4-6-15(23)7-5-13)22-25-20(17)18-9-8-16(24)11-14(18)10-12(2)21/h4-9,11-12,23-24H,3,10H2,1-2H3. The van der Waals surface area contributed by atoms with Crippen molar-refractivity contribution in [2.24, 2.45) is 0 Å². The summed E-state index contributed by atoms with van der Waals surface area (Å²) in [6.07, 6.45) is 1.53. The zero-order valence-corrected chi connectivity index (χ0v) is 15.7. The molecule has 25 heavy (non-hydrogen) atoms. The first-order chi connectivity index (χ1) is 12.0. The molecule has 0 aliphatic heterocycles. The van der Waals surface area contributed by atoms with E-state index in [1.807, 2.05) is 18.2 Å². The second-order valence-corrected chi connectivity index (χ2v) is 7.63. The Morgan fingerprint density at radius 3 is 2.40 bits per heavy atom. The summed E-state index contributed by atoms with van der Waals surface area (Å²) in [4.78, 5) is 0.276. The van der Waals surface area contributed by atoms with Gasteiger partial charge in [0.15, 0.2) is 5.76 Å². The van der Waals surface area contributed by atoms with Crippen LogP contribution in [0.15, 0.2) is 47.0 Å². The van der Waals surface area contributed by atoms with Gasteiger partial charge in [0.05, 0.1) is 0 Å². The molecule has 3 aromatic rings. The van der Waals surface area contributed by atoms with Crippen LogP contribution in [0.2, 0.25) is 0 Å². The Bertz CT molecular complexity index is 869. The van der Waals surface area contributed by atoms with Crippen LogP contribution < -0.4 is 0 Å². The van der Waals surface area contributed by atoms with Gasteiger partial charge in [-0.05, 0) is 60.9 Å². The Morgan fingerprint density at radius 1 is 1.08 bits per heavy atom. The summed E-state index contributed by atoms with van der Waals surface area (Å²) in [6.45, 7) is 4.13. The maximum atomic E-state index is 9.85. The lowest BCUT2D eigenvalue weighted by molar-refractivity contribution is 0.433. The molecular weight excluding hydrogens is 382 g/mol. The lowest BCUT2D eigenvalue weighted by Gasteiger charge is -2.11. The summed E-state index contributed by atoms with van der Waals surface area (Å²) >= 11 is 3.58. The van der Waals surface area contributed by atoms with Crippen molar-refractivity contribution in [2.75, 3.05) is 0 Å². The third kappa shape index (κ3) is 3.71. The van der Waals surface area contributed by atoms with Crippen molar-refractivity contribution < 1.29 is 14.7 Å². The molecule has 0 spiro atoms. The summed E-state index contributed by atoms with van der Waals surface area (Å²) in [7, 11) is 0. The van der Waals surface area contributed by atoms with Crippen molar-refractivity contribution in [1.82, 2.24) is 5.16 Å². The largest absolute Gasteiger partial charge is 0.508 e. The number of hydrogen-bond acceptors (Lipinski definition) is 4. The second-order valence-electron chi connectivity index (χ2n) is 6.07. The number of halogens is 1. The Hall–Kier alpha value is -2.27. The molecule has 0 saturated heterocycles. The van der Waals surface area contributed by atoms with Crippen molar-refractivity contribution in [3.63, 3.8) is 0 Å². The van der Waals surface area contributed by atoms with Gasteiger partial charge in [-0.2, -0.15) is 0 Å². The summed E-state index contributed by atoms with van der Waals surface area (Å²) in [5.41, 5.74) is 4.65. The van der Waals surface area contributed by atoms with E-state index in [0.29, 0.717) is 0 Å². The fourth-order valence-corrected chi connectivity index (χ4v) is 3.32. The predicted molar refractivity (Wildman–Crippen MR) is 102 cm³/mol. The quantitative estimate of drug-likeness (QED) is 0.568. The molecule has 0 aliphatic carbocycles. The maximum Gasteiger partial charge on any atom is 0.170 e. The maximum absolute atomic E-state index is 9.85. The number of benzene rings is 2. The zero-order chi connectivity index (χ0) is 18.0. The van der Waals surface area contributed by atoms with E-state index in [-0.39, 0.29) is 16.3 Å². The molecule has 0 radical (unpaired) electrons. The highest BCUT2D eigenvalue weighted by atomic mass is 79.9. The molecule has 0 fully saturated rings. The molecule has 1 aromatic heterocycles. The molecule has 0 saturated carbocycles. The average molecular weight is 402 g/mol. The van der Waals surface area contributed by atoms with Crippen LogP contribution in [0.3, 0.4) is 0 Å². The van der Waals surface area contributed by atoms with Crippen molar-refractivity contribution in [1.29, 1.82) is 0 Å². The van der Waals surface area contributed by atoms with E-state index in [4.69, 9.17) is 4.52 Å². The lowest BCUT2D eigenvalue weighted by Crippen LogP contribution is -1.99. The van der Waals surface area contributed by atoms with Gasteiger partial charge in [0.1, 0.15) is 17.2 Å². The Labute approximate surface area is 155 Å². The van der Waals surface area contributed by atoms with Gasteiger partial charge in [0.2, 0.25) is 0 Å². The predicted octanol–water partition coefficient (Wildman–Crippen LogP) is 5.31. The van der Waals surface area contributed by atoms with Crippen LogP contribution >= 0.6 is 15.9 Å². The van der Waals surface area contributed by atoms with E-state index in [1.54, 1.807) is 24.3 Å². The van der Waals surface area contributed by atoms with Gasteiger partial charge < -0.3 is 14.7 Å². The highest BCUT2D eigenvalue weighted by Gasteiger charge is 2.20. The molecule has 2 N–H and O–H groups in total. The first-order valence-electron chi connectivity index (χ1n) is 8.23. The minimum absolute atomic E-state index is 0.220. The van der Waals surface area contributed by atoms with Crippen molar-refractivity contribution in [3.8, 4) is 34.1 Å². The van der Waals surface area contributed by atoms with Crippen LogP contribution in [0, 0.1) is 0 Å². The average Bonchev–Trinajstić information content (AvgIpc) is 2.99. The molecule has 1 heterocycles. The van der Waals surface area contributed by atoms with Gasteiger partial charge in [-0.1, -0.05) is 34.9 Å².